The summed E-state index contributed by atoms with van der Waals surface area (Å²) in [5, 5.41) is 4.25. The van der Waals surface area contributed by atoms with Crippen molar-refractivity contribution in [2.75, 3.05) is 18.5 Å². The first-order chi connectivity index (χ1) is 12.2. The van der Waals surface area contributed by atoms with E-state index < -0.39 is 0 Å². The number of hydrogen-bond acceptors (Lipinski definition) is 5. The van der Waals surface area contributed by atoms with E-state index in [0.717, 1.165) is 30.6 Å². The van der Waals surface area contributed by atoms with E-state index in [2.05, 4.69) is 20.3 Å². The Balaban J connectivity index is 1.70. The van der Waals surface area contributed by atoms with Crippen LogP contribution in [0.3, 0.4) is 0 Å². The summed E-state index contributed by atoms with van der Waals surface area (Å²) < 4.78 is 5.57. The third kappa shape index (κ3) is 3.36. The molecule has 3 aromatic rings. The average Bonchev–Trinajstić information content (AvgIpc) is 3.14. The maximum Gasteiger partial charge on any atom is 0.262 e. The lowest BCUT2D eigenvalue weighted by Crippen LogP contribution is -2.22. The number of hydrogen-bond donors (Lipinski definition) is 2. The Morgan fingerprint density at radius 1 is 1.28 bits per heavy atom. The molecule has 0 saturated carbocycles. The van der Waals surface area contributed by atoms with Crippen LogP contribution in [0.25, 0.3) is 22.2 Å². The predicted molar refractivity (Wildman–Crippen MR) is 98.1 cm³/mol. The van der Waals surface area contributed by atoms with Crippen molar-refractivity contribution in [2.24, 2.45) is 0 Å². The van der Waals surface area contributed by atoms with Gasteiger partial charge in [0.1, 0.15) is 0 Å². The van der Waals surface area contributed by atoms with Gasteiger partial charge in [0.25, 0.3) is 5.56 Å². The topological polar surface area (TPSA) is 79.9 Å². The Labute approximate surface area is 149 Å². The highest BCUT2D eigenvalue weighted by Gasteiger charge is 2.16. The van der Waals surface area contributed by atoms with Gasteiger partial charge in [0.15, 0.2) is 5.65 Å². The minimum atomic E-state index is -0.224. The third-order valence-electron chi connectivity index (χ3n) is 4.28. The fraction of sp³-hybridized carbons (Fsp3) is 0.278. The van der Waals surface area contributed by atoms with Crippen molar-refractivity contribution in [3.8, 4) is 11.1 Å². The fourth-order valence-electron chi connectivity index (χ4n) is 3.03. The molecule has 7 heteroatoms. The molecule has 1 aliphatic rings. The highest BCUT2D eigenvalue weighted by molar-refractivity contribution is 6.30. The van der Waals surface area contributed by atoms with Crippen molar-refractivity contribution >= 4 is 28.6 Å². The van der Waals surface area contributed by atoms with Gasteiger partial charge in [-0.2, -0.15) is 4.98 Å². The average molecular weight is 357 g/mol. The van der Waals surface area contributed by atoms with Gasteiger partial charge in [0.05, 0.1) is 11.5 Å². The number of ether oxygens (including phenoxy) is 1. The fourth-order valence-corrected chi connectivity index (χ4v) is 3.16. The lowest BCUT2D eigenvalue weighted by molar-refractivity contribution is 0.120. The van der Waals surface area contributed by atoms with Crippen molar-refractivity contribution in [3.63, 3.8) is 0 Å². The number of pyridine rings is 1. The molecule has 3 heterocycles. The number of anilines is 1. The van der Waals surface area contributed by atoms with Gasteiger partial charge in [-0.05, 0) is 42.2 Å². The van der Waals surface area contributed by atoms with Gasteiger partial charge < -0.3 is 10.1 Å². The summed E-state index contributed by atoms with van der Waals surface area (Å²) in [4.78, 5) is 24.1. The van der Waals surface area contributed by atoms with E-state index in [1.54, 1.807) is 18.3 Å². The summed E-state index contributed by atoms with van der Waals surface area (Å²) in [6, 6.07) is 9.15. The van der Waals surface area contributed by atoms with Gasteiger partial charge >= 0.3 is 0 Å². The van der Waals surface area contributed by atoms with E-state index >= 15 is 0 Å². The largest absolute Gasteiger partial charge is 0.376 e. The molecule has 2 aromatic heterocycles. The molecule has 25 heavy (non-hydrogen) atoms. The molecule has 1 saturated heterocycles. The lowest BCUT2D eigenvalue weighted by atomic mass is 10.0. The maximum absolute atomic E-state index is 12.6. The minimum absolute atomic E-state index is 0.161. The molecule has 0 amide bonds. The summed E-state index contributed by atoms with van der Waals surface area (Å²) >= 11 is 5.95. The summed E-state index contributed by atoms with van der Waals surface area (Å²) in [7, 11) is 0. The molecule has 0 radical (unpaired) electrons. The maximum atomic E-state index is 12.6. The number of nitrogens with zero attached hydrogens (tertiary/aromatic N) is 2. The number of aromatic amines is 1. The van der Waals surface area contributed by atoms with Crippen LogP contribution in [0.5, 0.6) is 0 Å². The van der Waals surface area contributed by atoms with Gasteiger partial charge in [-0.1, -0.05) is 23.7 Å². The van der Waals surface area contributed by atoms with Crippen LogP contribution < -0.4 is 10.9 Å². The normalized spacial score (nSPS) is 17.1. The molecule has 1 unspecified atom stereocenters. The standard InChI is InChI=1S/C18H17ClN4O2/c19-12-5-3-11(4-6-12)14-7-8-20-16-15(14)17(24)23-18(22-16)21-10-13-2-1-9-25-13/h3-8,13H,1-2,9-10H2,(H2,20,21,22,23,24). The van der Waals surface area contributed by atoms with Crippen LogP contribution >= 0.6 is 11.6 Å². The van der Waals surface area contributed by atoms with Crippen LogP contribution in [0.2, 0.25) is 5.02 Å². The molecule has 6 nitrogen and oxygen atoms in total. The van der Waals surface area contributed by atoms with Crippen molar-refractivity contribution in [1.29, 1.82) is 0 Å². The number of fused-ring (bicyclic) bond motifs is 1. The number of rotatable bonds is 4. The van der Waals surface area contributed by atoms with E-state index in [0.29, 0.717) is 28.5 Å². The molecule has 0 aliphatic carbocycles. The van der Waals surface area contributed by atoms with Crippen molar-refractivity contribution in [3.05, 3.63) is 51.9 Å². The first-order valence-corrected chi connectivity index (χ1v) is 8.59. The summed E-state index contributed by atoms with van der Waals surface area (Å²) in [5.41, 5.74) is 1.86. The molecular weight excluding hydrogens is 340 g/mol. The molecule has 0 spiro atoms. The van der Waals surface area contributed by atoms with Gasteiger partial charge in [-0.3, -0.25) is 9.78 Å². The van der Waals surface area contributed by atoms with Crippen LogP contribution in [-0.4, -0.2) is 34.2 Å². The molecule has 1 aromatic carbocycles. The SMILES string of the molecule is O=c1[nH]c(NCC2CCCO2)nc2nccc(-c3ccc(Cl)cc3)c12. The molecule has 0 bridgehead atoms. The summed E-state index contributed by atoms with van der Waals surface area (Å²) in [5.74, 6) is 0.411. The smallest absolute Gasteiger partial charge is 0.262 e. The summed E-state index contributed by atoms with van der Waals surface area (Å²) in [6.45, 7) is 1.41. The van der Waals surface area contributed by atoms with Crippen molar-refractivity contribution in [1.82, 2.24) is 15.0 Å². The third-order valence-corrected chi connectivity index (χ3v) is 4.54. The second kappa shape index (κ2) is 6.82. The molecule has 1 aliphatic heterocycles. The van der Waals surface area contributed by atoms with Gasteiger partial charge in [-0.15, -0.1) is 0 Å². The Morgan fingerprint density at radius 2 is 2.12 bits per heavy atom. The van der Waals surface area contributed by atoms with E-state index in [1.807, 2.05) is 18.2 Å². The molecular formula is C18H17ClN4O2. The van der Waals surface area contributed by atoms with Gasteiger partial charge in [-0.25, -0.2) is 4.98 Å². The zero-order chi connectivity index (χ0) is 17.2. The van der Waals surface area contributed by atoms with E-state index in [1.165, 1.54) is 0 Å². The number of nitrogens with one attached hydrogen (secondary N) is 2. The zero-order valence-electron chi connectivity index (χ0n) is 13.5. The highest BCUT2D eigenvalue weighted by atomic mass is 35.5. The molecule has 1 fully saturated rings. The number of halogens is 1. The summed E-state index contributed by atoms with van der Waals surface area (Å²) in [6.07, 6.45) is 3.90. The number of H-pyrrole nitrogens is 1. The first kappa shape index (κ1) is 16.1. The van der Waals surface area contributed by atoms with Crippen LogP contribution in [-0.2, 0) is 4.74 Å². The van der Waals surface area contributed by atoms with Gasteiger partial charge in [0, 0.05) is 24.4 Å². The zero-order valence-corrected chi connectivity index (χ0v) is 14.2. The second-order valence-electron chi connectivity index (χ2n) is 5.99. The Bertz CT molecular complexity index is 949. The van der Waals surface area contributed by atoms with E-state index in [4.69, 9.17) is 16.3 Å². The van der Waals surface area contributed by atoms with E-state index in [-0.39, 0.29) is 11.7 Å². The van der Waals surface area contributed by atoms with Crippen molar-refractivity contribution in [2.45, 2.75) is 18.9 Å². The number of benzene rings is 1. The lowest BCUT2D eigenvalue weighted by Gasteiger charge is -2.12. The van der Waals surface area contributed by atoms with Crippen LogP contribution in [0.1, 0.15) is 12.8 Å². The van der Waals surface area contributed by atoms with Crippen LogP contribution in [0.4, 0.5) is 5.95 Å². The Morgan fingerprint density at radius 3 is 2.88 bits per heavy atom. The molecule has 128 valence electrons. The molecule has 1 atom stereocenters. The Hall–Kier alpha value is -2.44. The Kier molecular flexibility index (Phi) is 4.38. The quantitative estimate of drug-likeness (QED) is 0.750. The number of aromatic nitrogens is 3. The molecule has 4 rings (SSSR count). The monoisotopic (exact) mass is 356 g/mol. The highest BCUT2D eigenvalue weighted by Crippen LogP contribution is 2.26. The van der Waals surface area contributed by atoms with Crippen LogP contribution in [0.15, 0.2) is 41.3 Å². The first-order valence-electron chi connectivity index (χ1n) is 8.21. The van der Waals surface area contributed by atoms with E-state index in [9.17, 15) is 4.79 Å². The minimum Gasteiger partial charge on any atom is -0.376 e. The second-order valence-corrected chi connectivity index (χ2v) is 6.43. The van der Waals surface area contributed by atoms with Crippen molar-refractivity contribution < 1.29 is 4.74 Å². The predicted octanol–water partition coefficient (Wildman–Crippen LogP) is 3.23. The molecule has 2 N–H and O–H groups in total. The van der Waals surface area contributed by atoms with Crippen LogP contribution in [0, 0.1) is 0 Å². The van der Waals surface area contributed by atoms with Gasteiger partial charge in [0.2, 0.25) is 5.95 Å².